The maximum Gasteiger partial charge on any atom is 0.248 e. The molecule has 6 N–H and O–H groups in total. The van der Waals surface area contributed by atoms with E-state index in [0.29, 0.717) is 16.9 Å². The van der Waals surface area contributed by atoms with Crippen LogP contribution in [-0.2, 0) is 0 Å². The van der Waals surface area contributed by atoms with Gasteiger partial charge in [0.25, 0.3) is 0 Å². The van der Waals surface area contributed by atoms with E-state index in [1.807, 2.05) is 0 Å². The van der Waals surface area contributed by atoms with Gasteiger partial charge in [-0.15, -0.1) is 0 Å². The Bertz CT molecular complexity index is 310. The van der Waals surface area contributed by atoms with Crippen molar-refractivity contribution in [2.75, 3.05) is 11.5 Å². The number of hydrogen-bond donors (Lipinski definition) is 3. The lowest BCUT2D eigenvalue weighted by Gasteiger charge is -2.05. The molecule has 0 heterocycles. The van der Waals surface area contributed by atoms with E-state index >= 15 is 0 Å². The van der Waals surface area contributed by atoms with Crippen LogP contribution in [0.3, 0.4) is 0 Å². The van der Waals surface area contributed by atoms with Crippen molar-refractivity contribution in [2.45, 2.75) is 6.92 Å². The van der Waals surface area contributed by atoms with Crippen LogP contribution in [0.5, 0.6) is 0 Å². The number of nitrogen functional groups attached to an aromatic ring is 2. The molecule has 0 unspecified atom stereocenters. The number of primary amides is 1. The van der Waals surface area contributed by atoms with Crippen molar-refractivity contribution >= 4 is 17.3 Å². The van der Waals surface area contributed by atoms with Gasteiger partial charge in [-0.1, -0.05) is 0 Å². The van der Waals surface area contributed by atoms with Gasteiger partial charge in [-0.2, -0.15) is 0 Å². The highest BCUT2D eigenvalue weighted by Crippen LogP contribution is 2.20. The first kappa shape index (κ1) is 8.39. The molecular formula is C8H11N3O. The number of carbonyl (C=O) groups is 1. The molecular weight excluding hydrogens is 154 g/mol. The average molecular weight is 165 g/mol. The topological polar surface area (TPSA) is 95.1 Å². The highest BCUT2D eigenvalue weighted by atomic mass is 16.1. The quantitative estimate of drug-likeness (QED) is 0.521. The van der Waals surface area contributed by atoms with Crippen molar-refractivity contribution in [3.05, 3.63) is 23.3 Å². The van der Waals surface area contributed by atoms with Crippen LogP contribution in [0.1, 0.15) is 15.9 Å². The van der Waals surface area contributed by atoms with Gasteiger partial charge in [-0.05, 0) is 24.6 Å². The van der Waals surface area contributed by atoms with Crippen molar-refractivity contribution < 1.29 is 4.79 Å². The van der Waals surface area contributed by atoms with Gasteiger partial charge in [0.1, 0.15) is 0 Å². The van der Waals surface area contributed by atoms with Crippen LogP contribution in [-0.4, -0.2) is 5.91 Å². The van der Waals surface area contributed by atoms with Crippen LogP contribution >= 0.6 is 0 Å². The van der Waals surface area contributed by atoms with Gasteiger partial charge < -0.3 is 17.2 Å². The maximum atomic E-state index is 10.7. The van der Waals surface area contributed by atoms with Crippen LogP contribution in [0.15, 0.2) is 12.1 Å². The monoisotopic (exact) mass is 165 g/mol. The SMILES string of the molecule is Cc1c(N)cc(C(N)=O)cc1N. The van der Waals surface area contributed by atoms with E-state index in [4.69, 9.17) is 17.2 Å². The predicted molar refractivity (Wildman–Crippen MR) is 48.5 cm³/mol. The minimum absolute atomic E-state index is 0.343. The van der Waals surface area contributed by atoms with Gasteiger partial charge in [0.15, 0.2) is 0 Å². The first-order valence-corrected chi connectivity index (χ1v) is 3.47. The molecule has 0 aliphatic carbocycles. The summed E-state index contributed by atoms with van der Waals surface area (Å²) in [6.07, 6.45) is 0. The van der Waals surface area contributed by atoms with E-state index < -0.39 is 5.91 Å². The van der Waals surface area contributed by atoms with Crippen molar-refractivity contribution in [3.8, 4) is 0 Å². The number of hydrogen-bond acceptors (Lipinski definition) is 3. The van der Waals surface area contributed by atoms with Gasteiger partial charge in [0.2, 0.25) is 5.91 Å². The Morgan fingerprint density at radius 2 is 1.67 bits per heavy atom. The van der Waals surface area contributed by atoms with Gasteiger partial charge in [-0.3, -0.25) is 4.79 Å². The molecule has 0 bridgehead atoms. The van der Waals surface area contributed by atoms with Crippen LogP contribution < -0.4 is 17.2 Å². The second-order valence-corrected chi connectivity index (χ2v) is 2.64. The standard InChI is InChI=1S/C8H11N3O/c1-4-6(9)2-5(8(11)12)3-7(4)10/h2-3H,9-10H2,1H3,(H2,11,12). The van der Waals surface area contributed by atoms with E-state index in [2.05, 4.69) is 0 Å². The number of anilines is 2. The molecule has 0 aromatic heterocycles. The highest BCUT2D eigenvalue weighted by Gasteiger charge is 2.05. The smallest absolute Gasteiger partial charge is 0.248 e. The Morgan fingerprint density at radius 3 is 2.00 bits per heavy atom. The molecule has 0 spiro atoms. The van der Waals surface area contributed by atoms with Crippen molar-refractivity contribution in [1.29, 1.82) is 0 Å². The summed E-state index contributed by atoms with van der Waals surface area (Å²) in [5.74, 6) is -0.520. The van der Waals surface area contributed by atoms with Crippen LogP contribution in [0.4, 0.5) is 11.4 Å². The largest absolute Gasteiger partial charge is 0.398 e. The predicted octanol–water partition coefficient (Wildman–Crippen LogP) is 0.258. The van der Waals surface area contributed by atoms with Crippen molar-refractivity contribution in [2.24, 2.45) is 5.73 Å². The lowest BCUT2D eigenvalue weighted by molar-refractivity contribution is 0.100. The van der Waals surface area contributed by atoms with Crippen LogP contribution in [0, 0.1) is 6.92 Å². The maximum absolute atomic E-state index is 10.7. The van der Waals surface area contributed by atoms with E-state index in [0.717, 1.165) is 5.56 Å². The number of carbonyl (C=O) groups excluding carboxylic acids is 1. The first-order valence-electron chi connectivity index (χ1n) is 3.47. The number of nitrogens with two attached hydrogens (primary N) is 3. The lowest BCUT2D eigenvalue weighted by Crippen LogP contribution is -2.12. The summed E-state index contributed by atoms with van der Waals surface area (Å²) >= 11 is 0. The summed E-state index contributed by atoms with van der Waals surface area (Å²) in [7, 11) is 0. The second-order valence-electron chi connectivity index (χ2n) is 2.64. The molecule has 12 heavy (non-hydrogen) atoms. The van der Waals surface area contributed by atoms with Gasteiger partial charge >= 0.3 is 0 Å². The van der Waals surface area contributed by atoms with Gasteiger partial charge in [0.05, 0.1) is 0 Å². The minimum atomic E-state index is -0.520. The molecule has 1 amide bonds. The third-order valence-corrected chi connectivity index (χ3v) is 1.77. The molecule has 0 saturated carbocycles. The average Bonchev–Trinajstić information content (AvgIpc) is 1.99. The lowest BCUT2D eigenvalue weighted by atomic mass is 10.1. The fourth-order valence-electron chi connectivity index (χ4n) is 0.902. The zero-order chi connectivity index (χ0) is 9.30. The summed E-state index contributed by atoms with van der Waals surface area (Å²) < 4.78 is 0. The van der Waals surface area contributed by atoms with E-state index in [1.54, 1.807) is 6.92 Å². The number of benzene rings is 1. The summed E-state index contributed by atoms with van der Waals surface area (Å²) in [4.78, 5) is 10.7. The molecule has 0 fully saturated rings. The third-order valence-electron chi connectivity index (χ3n) is 1.77. The highest BCUT2D eigenvalue weighted by molar-refractivity contribution is 5.95. The van der Waals surface area contributed by atoms with Crippen LogP contribution in [0.25, 0.3) is 0 Å². The van der Waals surface area contributed by atoms with Gasteiger partial charge in [-0.25, -0.2) is 0 Å². The molecule has 1 aromatic carbocycles. The molecule has 4 nitrogen and oxygen atoms in total. The molecule has 0 aliphatic rings. The Morgan fingerprint density at radius 1 is 1.25 bits per heavy atom. The normalized spacial score (nSPS) is 9.75. The third kappa shape index (κ3) is 1.32. The minimum Gasteiger partial charge on any atom is -0.398 e. The fourth-order valence-corrected chi connectivity index (χ4v) is 0.902. The Hall–Kier alpha value is -1.71. The summed E-state index contributed by atoms with van der Waals surface area (Å²) in [5.41, 5.74) is 18.3. The van der Waals surface area contributed by atoms with Crippen molar-refractivity contribution in [3.63, 3.8) is 0 Å². The molecule has 4 heteroatoms. The molecule has 0 aliphatic heterocycles. The summed E-state index contributed by atoms with van der Waals surface area (Å²) in [5, 5.41) is 0. The van der Waals surface area contributed by atoms with Gasteiger partial charge in [0, 0.05) is 16.9 Å². The molecule has 1 aromatic rings. The van der Waals surface area contributed by atoms with E-state index in [1.165, 1.54) is 12.1 Å². The first-order chi connectivity index (χ1) is 5.52. The molecule has 0 radical (unpaired) electrons. The van der Waals surface area contributed by atoms with E-state index in [9.17, 15) is 4.79 Å². The number of rotatable bonds is 1. The molecule has 1 rings (SSSR count). The van der Waals surface area contributed by atoms with Crippen molar-refractivity contribution in [1.82, 2.24) is 0 Å². The van der Waals surface area contributed by atoms with Crippen LogP contribution in [0.2, 0.25) is 0 Å². The molecule has 0 saturated heterocycles. The molecule has 64 valence electrons. The molecule has 0 atom stereocenters. The zero-order valence-corrected chi connectivity index (χ0v) is 6.79. The van der Waals surface area contributed by atoms with E-state index in [-0.39, 0.29) is 0 Å². The Labute approximate surface area is 70.3 Å². The Kier molecular flexibility index (Phi) is 1.91. The number of amides is 1. The fraction of sp³-hybridized carbons (Fsp3) is 0.125. The zero-order valence-electron chi connectivity index (χ0n) is 6.79. The summed E-state index contributed by atoms with van der Waals surface area (Å²) in [6.45, 7) is 1.79. The Balaban J connectivity index is 3.31. The summed E-state index contributed by atoms with van der Waals surface area (Å²) in [6, 6.07) is 3.04. The second kappa shape index (κ2) is 2.73.